The summed E-state index contributed by atoms with van der Waals surface area (Å²) in [6.45, 7) is 4.69. The van der Waals surface area contributed by atoms with Gasteiger partial charge in [-0.25, -0.2) is 0 Å². The van der Waals surface area contributed by atoms with Gasteiger partial charge in [0.05, 0.1) is 37.3 Å². The predicted molar refractivity (Wildman–Crippen MR) is 197 cm³/mol. The van der Waals surface area contributed by atoms with E-state index in [4.69, 9.17) is 4.74 Å². The van der Waals surface area contributed by atoms with Crippen molar-refractivity contribution in [3.63, 3.8) is 0 Å². The van der Waals surface area contributed by atoms with Crippen LogP contribution in [0.4, 0.5) is 0 Å². The summed E-state index contributed by atoms with van der Waals surface area (Å²) in [6.07, 6.45) is 28.6. The quantitative estimate of drug-likeness (QED) is 0.229. The van der Waals surface area contributed by atoms with Crippen LogP contribution in [0.25, 0.3) is 0 Å². The lowest BCUT2D eigenvalue weighted by Gasteiger charge is -2.56. The van der Waals surface area contributed by atoms with Gasteiger partial charge in [0.15, 0.2) is 5.78 Å². The summed E-state index contributed by atoms with van der Waals surface area (Å²) in [5.74, 6) is 9.11. The Balaban J connectivity index is 0.000000137. The highest BCUT2D eigenvalue weighted by atomic mass is 16.5. The first kappa shape index (κ1) is 34.8. The van der Waals surface area contributed by atoms with Crippen molar-refractivity contribution in [3.8, 4) is 0 Å². The number of ether oxygens (including phenoxy) is 1. The summed E-state index contributed by atoms with van der Waals surface area (Å²) in [5.41, 5.74) is 1.44. The lowest BCUT2D eigenvalue weighted by atomic mass is 9.49. The van der Waals surface area contributed by atoms with Crippen molar-refractivity contribution in [1.29, 1.82) is 0 Å². The standard InChI is InChI=1S/C23H32O3.C22H30O3/c1-22-10-8-17-16-7-5-15(26-2)12-14(16)4-6-18(17)21(22)19-13-20(19)23(22,25)9-3-11-24;1-21-9-7-16-15-6-4-14(24)11-13(15)3-5-17(16)20(21)18-12-19(18)22(21,25)8-2-10-23/h3-4,9,12,16-21,24-25H,5-8,10-11,13H2,1-2H3;2,8,11,15-20,23,25H,3-7,9-10,12H2,1H3/b9-3-;8-2-/t16-,17?,18?,19+,20-,21?,22-,23-;15-,16?,17?,18+,19-,20?,21-,22-/m00/s1. The molecule has 0 amide bonds. The number of aliphatic hydroxyl groups excluding tert-OH is 2. The molecule has 51 heavy (non-hydrogen) atoms. The zero-order valence-electron chi connectivity index (χ0n) is 31.2. The van der Waals surface area contributed by atoms with Crippen LogP contribution < -0.4 is 0 Å². The number of carbonyl (C=O) groups is 1. The molecule has 4 N–H and O–H groups in total. The van der Waals surface area contributed by atoms with Crippen molar-refractivity contribution in [2.75, 3.05) is 20.3 Å². The second-order valence-electron chi connectivity index (χ2n) is 19.2. The van der Waals surface area contributed by atoms with Crippen LogP contribution in [0.1, 0.15) is 97.3 Å². The predicted octanol–water partition coefficient (Wildman–Crippen LogP) is 7.10. The number of allylic oxidation sites excluding steroid dienone is 5. The highest BCUT2D eigenvalue weighted by molar-refractivity contribution is 5.91. The van der Waals surface area contributed by atoms with E-state index in [2.05, 4.69) is 26.0 Å². The lowest BCUT2D eigenvalue weighted by Crippen LogP contribution is -2.54. The third kappa shape index (κ3) is 4.90. The van der Waals surface area contributed by atoms with E-state index in [0.717, 1.165) is 69.0 Å². The average Bonchev–Trinajstić information content (AvgIpc) is 4.07. The van der Waals surface area contributed by atoms with Crippen LogP contribution in [0.15, 0.2) is 59.4 Å². The summed E-state index contributed by atoms with van der Waals surface area (Å²) < 4.78 is 5.51. The number of methoxy groups -OCH3 is 1. The summed E-state index contributed by atoms with van der Waals surface area (Å²) in [5, 5.41) is 41.7. The summed E-state index contributed by atoms with van der Waals surface area (Å²) in [7, 11) is 1.79. The molecule has 10 aliphatic rings. The molecule has 0 spiro atoms. The largest absolute Gasteiger partial charge is 0.501 e. The van der Waals surface area contributed by atoms with Crippen LogP contribution >= 0.6 is 0 Å². The second kappa shape index (κ2) is 12.3. The van der Waals surface area contributed by atoms with Crippen LogP contribution in [-0.4, -0.2) is 57.7 Å². The molecule has 6 nitrogen and oxygen atoms in total. The number of carbonyl (C=O) groups excluding carboxylic acids is 1. The molecule has 0 aromatic heterocycles. The molecule has 0 aromatic rings. The Morgan fingerprint density at radius 1 is 0.725 bits per heavy atom. The summed E-state index contributed by atoms with van der Waals surface area (Å²) in [6, 6.07) is 0. The summed E-state index contributed by atoms with van der Waals surface area (Å²) in [4.78, 5) is 11.8. The molecule has 10 rings (SSSR count). The highest BCUT2D eigenvalue weighted by Gasteiger charge is 2.76. The van der Waals surface area contributed by atoms with Gasteiger partial charge in [0, 0.05) is 23.7 Å². The fraction of sp³-hybridized carbons (Fsp3) is 0.756. The smallest absolute Gasteiger partial charge is 0.155 e. The lowest BCUT2D eigenvalue weighted by molar-refractivity contribution is -0.119. The maximum Gasteiger partial charge on any atom is 0.155 e. The molecule has 0 saturated heterocycles. The molecule has 7 saturated carbocycles. The molecule has 7 fully saturated rings. The van der Waals surface area contributed by atoms with Crippen LogP contribution in [0.2, 0.25) is 0 Å². The normalized spacial score (nSPS) is 52.7. The Morgan fingerprint density at radius 3 is 1.92 bits per heavy atom. The average molecular weight is 699 g/mol. The Kier molecular flexibility index (Phi) is 8.36. The van der Waals surface area contributed by atoms with Gasteiger partial charge in [-0.1, -0.05) is 49.8 Å². The first-order valence-corrected chi connectivity index (χ1v) is 20.7. The van der Waals surface area contributed by atoms with Gasteiger partial charge in [0.2, 0.25) is 0 Å². The number of hydrogen-bond acceptors (Lipinski definition) is 6. The Bertz CT molecular complexity index is 1590. The van der Waals surface area contributed by atoms with Crippen molar-refractivity contribution < 1.29 is 30.0 Å². The molecule has 0 bridgehead atoms. The van der Waals surface area contributed by atoms with Gasteiger partial charge in [0.1, 0.15) is 0 Å². The molecule has 0 aromatic carbocycles. The Labute approximate surface area is 305 Å². The highest BCUT2D eigenvalue weighted by Crippen LogP contribution is 2.77. The van der Waals surface area contributed by atoms with Gasteiger partial charge < -0.3 is 25.2 Å². The van der Waals surface area contributed by atoms with E-state index in [-0.39, 0.29) is 24.0 Å². The third-order valence-electron chi connectivity index (χ3n) is 17.7. The van der Waals surface area contributed by atoms with Crippen LogP contribution in [0.3, 0.4) is 0 Å². The molecule has 6 heteroatoms. The zero-order valence-corrected chi connectivity index (χ0v) is 31.2. The molecule has 10 aliphatic carbocycles. The van der Waals surface area contributed by atoms with Gasteiger partial charge in [0.25, 0.3) is 0 Å². The minimum absolute atomic E-state index is 0.0107. The molecule has 0 radical (unpaired) electrons. The van der Waals surface area contributed by atoms with Crippen LogP contribution in [-0.2, 0) is 9.53 Å². The van der Waals surface area contributed by atoms with Gasteiger partial charge in [-0.15, -0.1) is 0 Å². The Morgan fingerprint density at radius 2 is 1.31 bits per heavy atom. The molecule has 278 valence electrons. The van der Waals surface area contributed by atoms with E-state index in [0.29, 0.717) is 65.0 Å². The molecule has 16 atom stereocenters. The number of rotatable bonds is 5. The van der Waals surface area contributed by atoms with Crippen LogP contribution in [0, 0.1) is 81.8 Å². The molecule has 0 heterocycles. The van der Waals surface area contributed by atoms with Gasteiger partial charge in [-0.3, -0.25) is 4.79 Å². The number of fused-ring (bicyclic) bond motifs is 14. The monoisotopic (exact) mass is 698 g/mol. The molecular weight excluding hydrogens is 636 g/mol. The fourth-order valence-corrected chi connectivity index (χ4v) is 15.5. The Hall–Kier alpha value is -1.99. The third-order valence-corrected chi connectivity index (χ3v) is 17.7. The second-order valence-corrected chi connectivity index (χ2v) is 19.2. The van der Waals surface area contributed by atoms with Crippen molar-refractivity contribution in [2.45, 2.75) is 109 Å². The van der Waals surface area contributed by atoms with E-state index in [1.807, 2.05) is 18.2 Å². The van der Waals surface area contributed by atoms with E-state index in [1.165, 1.54) is 43.3 Å². The molecule has 0 aliphatic heterocycles. The maximum atomic E-state index is 11.8. The number of aliphatic hydroxyl groups is 4. The fourth-order valence-electron chi connectivity index (χ4n) is 15.5. The minimum atomic E-state index is -0.727. The van der Waals surface area contributed by atoms with Crippen molar-refractivity contribution in [3.05, 3.63) is 59.4 Å². The van der Waals surface area contributed by atoms with Crippen molar-refractivity contribution >= 4 is 5.78 Å². The van der Waals surface area contributed by atoms with E-state index < -0.39 is 11.2 Å². The maximum absolute atomic E-state index is 11.8. The van der Waals surface area contributed by atoms with Gasteiger partial charge in [-0.05, 0) is 159 Å². The van der Waals surface area contributed by atoms with Crippen molar-refractivity contribution in [1.82, 2.24) is 0 Å². The summed E-state index contributed by atoms with van der Waals surface area (Å²) >= 11 is 0. The first-order chi connectivity index (χ1) is 24.5. The SMILES string of the molecule is COC1=CC2=CCC3C(CC[C@@]4(C)C3[C@@H]3C[C@@H]3[C@@]4(O)/C=C\CO)[C@H]2CC1.C[C@]12CCC3C(CCC4=CC(=O)CC[C@@H]43)C1[C@@H]1C[C@@H]1[C@@]2(O)/C=C\CO. The first-order valence-electron chi connectivity index (χ1n) is 20.7. The topological polar surface area (TPSA) is 107 Å². The van der Waals surface area contributed by atoms with Crippen molar-refractivity contribution in [2.24, 2.45) is 81.8 Å². The van der Waals surface area contributed by atoms with Crippen LogP contribution in [0.5, 0.6) is 0 Å². The number of ketones is 1. The van der Waals surface area contributed by atoms with Gasteiger partial charge >= 0.3 is 0 Å². The van der Waals surface area contributed by atoms with E-state index >= 15 is 0 Å². The minimum Gasteiger partial charge on any atom is -0.501 e. The van der Waals surface area contributed by atoms with E-state index in [1.54, 1.807) is 19.3 Å². The van der Waals surface area contributed by atoms with E-state index in [9.17, 15) is 25.2 Å². The zero-order chi connectivity index (χ0) is 35.5. The number of hydrogen-bond donors (Lipinski definition) is 4. The molecular formula is C45H62O6. The molecule has 6 unspecified atom stereocenters. The van der Waals surface area contributed by atoms with Gasteiger partial charge in [-0.2, -0.15) is 0 Å².